The molecule has 0 radical (unpaired) electrons. The summed E-state index contributed by atoms with van der Waals surface area (Å²) in [6.07, 6.45) is 1.63. The van der Waals surface area contributed by atoms with Crippen LogP contribution in [0, 0.1) is 10.8 Å². The molecule has 0 saturated carbocycles. The summed E-state index contributed by atoms with van der Waals surface area (Å²) < 4.78 is 0. The predicted octanol–water partition coefficient (Wildman–Crippen LogP) is 1.37. The summed E-state index contributed by atoms with van der Waals surface area (Å²) in [6.45, 7) is 0. The Kier molecular flexibility index (Phi) is 2.30. The topological polar surface area (TPSA) is 38.9 Å². The molecular weight excluding hydrogens is 192 g/mol. The van der Waals surface area contributed by atoms with E-state index in [9.17, 15) is 0 Å². The summed E-state index contributed by atoms with van der Waals surface area (Å²) in [5, 5.41) is 0. The molecule has 0 bridgehead atoms. The second kappa shape index (κ2) is 3.23. The van der Waals surface area contributed by atoms with E-state index < -0.39 is 0 Å². The number of rotatable bonds is 0. The lowest BCUT2D eigenvalue weighted by Crippen LogP contribution is -1.88. The molecule has 0 aliphatic heterocycles. The van der Waals surface area contributed by atoms with Crippen LogP contribution < -0.4 is 5.73 Å². The van der Waals surface area contributed by atoms with Gasteiger partial charge in [0.15, 0.2) is 0 Å². The van der Waals surface area contributed by atoms with E-state index in [1.54, 1.807) is 12.3 Å². The molecule has 0 aliphatic rings. The van der Waals surface area contributed by atoms with Gasteiger partial charge in [0.05, 0.1) is 0 Å². The third-order valence-electron chi connectivity index (χ3n) is 0.978. The smallest absolute Gasteiger partial charge is 0.123 e. The average Bonchev–Trinajstić information content (AvgIpc) is 1.95. The number of halogens is 1. The van der Waals surface area contributed by atoms with Gasteiger partial charge in [-0.3, -0.25) is 0 Å². The number of nitrogens with two attached hydrogens (primary N) is 1. The van der Waals surface area contributed by atoms with Crippen molar-refractivity contribution < 1.29 is 0 Å². The van der Waals surface area contributed by atoms with Crippen molar-refractivity contribution >= 4 is 21.7 Å². The summed E-state index contributed by atoms with van der Waals surface area (Å²) in [6, 6.07) is 3.53. The standard InChI is InChI=1S/C7H5BrN2/c8-4-3-6-1-2-7(9)10-5-6/h1-2,5H,(H2,9,10). The van der Waals surface area contributed by atoms with Crippen LogP contribution in [0.5, 0.6) is 0 Å². The Morgan fingerprint density at radius 2 is 2.30 bits per heavy atom. The van der Waals surface area contributed by atoms with Crippen LogP contribution >= 0.6 is 15.9 Å². The highest BCUT2D eigenvalue weighted by Crippen LogP contribution is 1.98. The fourth-order valence-electron chi connectivity index (χ4n) is 0.534. The number of nitrogens with zero attached hydrogens (tertiary/aromatic N) is 1. The van der Waals surface area contributed by atoms with Crippen LogP contribution in [0.25, 0.3) is 0 Å². The second-order valence-electron chi connectivity index (χ2n) is 1.69. The Labute approximate surface area is 67.6 Å². The number of nitrogen functional groups attached to an aromatic ring is 1. The minimum absolute atomic E-state index is 0.514. The van der Waals surface area contributed by atoms with Crippen LogP contribution in [0.15, 0.2) is 18.3 Å². The van der Waals surface area contributed by atoms with Gasteiger partial charge in [0.1, 0.15) is 5.82 Å². The maximum Gasteiger partial charge on any atom is 0.123 e. The first-order valence-corrected chi connectivity index (χ1v) is 3.45. The molecule has 1 heterocycles. The molecular formula is C7H5BrN2. The lowest BCUT2D eigenvalue weighted by molar-refractivity contribution is 1.32. The lowest BCUT2D eigenvalue weighted by atomic mass is 10.3. The zero-order valence-electron chi connectivity index (χ0n) is 5.13. The largest absolute Gasteiger partial charge is 0.384 e. The summed E-state index contributed by atoms with van der Waals surface area (Å²) in [5.41, 5.74) is 6.20. The van der Waals surface area contributed by atoms with E-state index in [0.29, 0.717) is 5.82 Å². The van der Waals surface area contributed by atoms with E-state index in [1.165, 1.54) is 0 Å². The van der Waals surface area contributed by atoms with E-state index in [0.717, 1.165) is 5.56 Å². The highest BCUT2D eigenvalue weighted by molar-refractivity contribution is 9.12. The third-order valence-corrected chi connectivity index (χ3v) is 1.18. The molecule has 0 fully saturated rings. The van der Waals surface area contributed by atoms with Gasteiger partial charge in [0.25, 0.3) is 0 Å². The average molecular weight is 197 g/mol. The van der Waals surface area contributed by atoms with Crippen LogP contribution in [0.4, 0.5) is 5.82 Å². The third kappa shape index (κ3) is 1.74. The maximum atomic E-state index is 5.35. The van der Waals surface area contributed by atoms with Gasteiger partial charge in [-0.05, 0) is 17.0 Å². The highest BCUT2D eigenvalue weighted by Gasteiger charge is 1.85. The predicted molar refractivity (Wildman–Crippen MR) is 44.5 cm³/mol. The zero-order chi connectivity index (χ0) is 7.40. The van der Waals surface area contributed by atoms with Gasteiger partial charge in [-0.2, -0.15) is 0 Å². The fourth-order valence-corrected chi connectivity index (χ4v) is 0.763. The first-order chi connectivity index (χ1) is 4.83. The molecule has 0 aromatic carbocycles. The summed E-state index contributed by atoms with van der Waals surface area (Å²) in [4.78, 5) is 6.44. The Morgan fingerprint density at radius 1 is 1.50 bits per heavy atom. The molecule has 50 valence electrons. The molecule has 0 amide bonds. The van der Waals surface area contributed by atoms with Gasteiger partial charge in [0, 0.05) is 27.7 Å². The van der Waals surface area contributed by atoms with Gasteiger partial charge < -0.3 is 5.73 Å². The molecule has 0 atom stereocenters. The highest BCUT2D eigenvalue weighted by atomic mass is 79.9. The van der Waals surface area contributed by atoms with Gasteiger partial charge in [-0.1, -0.05) is 5.92 Å². The number of pyridine rings is 1. The van der Waals surface area contributed by atoms with Crippen LogP contribution in [0.3, 0.4) is 0 Å². The first kappa shape index (κ1) is 7.10. The molecule has 10 heavy (non-hydrogen) atoms. The van der Waals surface area contributed by atoms with Gasteiger partial charge in [-0.25, -0.2) is 4.98 Å². The molecule has 3 heteroatoms. The summed E-state index contributed by atoms with van der Waals surface area (Å²) in [7, 11) is 0. The molecule has 1 aromatic heterocycles. The summed E-state index contributed by atoms with van der Waals surface area (Å²) in [5.74, 6) is 3.30. The van der Waals surface area contributed by atoms with Crippen molar-refractivity contribution in [1.29, 1.82) is 0 Å². The van der Waals surface area contributed by atoms with E-state index in [1.807, 2.05) is 6.07 Å². The second-order valence-corrected chi connectivity index (χ2v) is 2.09. The van der Waals surface area contributed by atoms with Crippen LogP contribution in [-0.2, 0) is 0 Å². The van der Waals surface area contributed by atoms with Crippen molar-refractivity contribution in [3.63, 3.8) is 0 Å². The normalized spacial score (nSPS) is 8.10. The number of hydrogen-bond acceptors (Lipinski definition) is 2. The Balaban J connectivity index is 2.97. The molecule has 0 spiro atoms. The van der Waals surface area contributed by atoms with Crippen molar-refractivity contribution in [2.45, 2.75) is 0 Å². The monoisotopic (exact) mass is 196 g/mol. The minimum Gasteiger partial charge on any atom is -0.384 e. The molecule has 1 aromatic rings. The van der Waals surface area contributed by atoms with Crippen molar-refractivity contribution in [2.24, 2.45) is 0 Å². The quantitative estimate of drug-likeness (QED) is 0.638. The maximum absolute atomic E-state index is 5.35. The first-order valence-electron chi connectivity index (χ1n) is 2.66. The van der Waals surface area contributed by atoms with Gasteiger partial charge >= 0.3 is 0 Å². The van der Waals surface area contributed by atoms with Crippen molar-refractivity contribution in [1.82, 2.24) is 4.98 Å². The molecule has 0 aliphatic carbocycles. The molecule has 0 unspecified atom stereocenters. The Hall–Kier alpha value is -1.01. The summed E-state index contributed by atoms with van der Waals surface area (Å²) >= 11 is 2.98. The SMILES string of the molecule is Nc1ccc(C#CBr)cn1. The van der Waals surface area contributed by atoms with Gasteiger partial charge in [0.2, 0.25) is 0 Å². The fraction of sp³-hybridized carbons (Fsp3) is 0. The van der Waals surface area contributed by atoms with E-state index >= 15 is 0 Å². The number of aromatic nitrogens is 1. The molecule has 1 rings (SSSR count). The van der Waals surface area contributed by atoms with Crippen molar-refractivity contribution in [2.75, 3.05) is 5.73 Å². The molecule has 2 N–H and O–H groups in total. The van der Waals surface area contributed by atoms with Crippen LogP contribution in [0.2, 0.25) is 0 Å². The molecule has 0 saturated heterocycles. The van der Waals surface area contributed by atoms with Crippen molar-refractivity contribution in [3.8, 4) is 10.8 Å². The van der Waals surface area contributed by atoms with E-state index in [2.05, 4.69) is 31.7 Å². The van der Waals surface area contributed by atoms with Crippen LogP contribution in [0.1, 0.15) is 5.56 Å². The minimum atomic E-state index is 0.514. The number of anilines is 1. The molecule has 2 nitrogen and oxygen atoms in total. The zero-order valence-corrected chi connectivity index (χ0v) is 6.72. The van der Waals surface area contributed by atoms with Crippen LogP contribution in [-0.4, -0.2) is 4.98 Å². The van der Waals surface area contributed by atoms with E-state index in [-0.39, 0.29) is 0 Å². The van der Waals surface area contributed by atoms with E-state index in [4.69, 9.17) is 5.73 Å². The lowest BCUT2D eigenvalue weighted by Gasteiger charge is -1.89. The number of hydrogen-bond donors (Lipinski definition) is 1. The Bertz CT molecular complexity index is 268. The Morgan fingerprint density at radius 3 is 2.80 bits per heavy atom. The van der Waals surface area contributed by atoms with Crippen molar-refractivity contribution in [3.05, 3.63) is 23.9 Å². The van der Waals surface area contributed by atoms with Gasteiger partial charge in [-0.15, -0.1) is 0 Å².